The summed E-state index contributed by atoms with van der Waals surface area (Å²) in [7, 11) is 0. The van der Waals surface area contributed by atoms with Crippen molar-refractivity contribution in [3.05, 3.63) is 40.1 Å². The summed E-state index contributed by atoms with van der Waals surface area (Å²) in [6.45, 7) is 0. The molecule has 0 radical (unpaired) electrons. The minimum absolute atomic E-state index is 0.00859. The van der Waals surface area contributed by atoms with Crippen LogP contribution >= 0.6 is 0 Å². The number of rotatable bonds is 2. The van der Waals surface area contributed by atoms with Crippen molar-refractivity contribution in [2.24, 2.45) is 0 Å². The number of non-ortho nitro benzene ring substituents is 1. The fourth-order valence-corrected chi connectivity index (χ4v) is 1.52. The first kappa shape index (κ1) is 12.9. The van der Waals surface area contributed by atoms with Crippen LogP contribution in [0.25, 0.3) is 11.3 Å². The summed E-state index contributed by atoms with van der Waals surface area (Å²) < 4.78 is 38.0. The van der Waals surface area contributed by atoms with E-state index in [0.29, 0.717) is 6.07 Å². The van der Waals surface area contributed by atoms with Crippen molar-refractivity contribution in [3.8, 4) is 11.3 Å². The highest BCUT2D eigenvalue weighted by Crippen LogP contribution is 2.35. The van der Waals surface area contributed by atoms with E-state index in [1.54, 1.807) is 0 Å². The Balaban J connectivity index is 2.61. The Labute approximate surface area is 104 Å². The first-order valence-corrected chi connectivity index (χ1v) is 4.95. The first-order chi connectivity index (χ1) is 8.77. The van der Waals surface area contributed by atoms with E-state index in [9.17, 15) is 23.3 Å². The molecule has 0 aliphatic carbocycles. The van der Waals surface area contributed by atoms with Gasteiger partial charge in [-0.15, -0.1) is 0 Å². The molecule has 0 saturated carbocycles. The van der Waals surface area contributed by atoms with Crippen LogP contribution in [-0.4, -0.2) is 14.9 Å². The Bertz CT molecular complexity index is 636. The zero-order valence-electron chi connectivity index (χ0n) is 9.23. The summed E-state index contributed by atoms with van der Waals surface area (Å²) in [4.78, 5) is 15.9. The Morgan fingerprint density at radius 1 is 1.32 bits per heavy atom. The van der Waals surface area contributed by atoms with Crippen molar-refractivity contribution in [1.29, 1.82) is 0 Å². The molecule has 0 bridgehead atoms. The van der Waals surface area contributed by atoms with Crippen LogP contribution < -0.4 is 5.73 Å². The van der Waals surface area contributed by atoms with Gasteiger partial charge in [0.15, 0.2) is 5.95 Å². The van der Waals surface area contributed by atoms with Gasteiger partial charge in [0.05, 0.1) is 22.4 Å². The number of hydrogen-bond acceptors (Lipinski definition) is 4. The summed E-state index contributed by atoms with van der Waals surface area (Å²) >= 11 is 0. The van der Waals surface area contributed by atoms with Crippen molar-refractivity contribution in [2.75, 3.05) is 5.73 Å². The molecule has 0 atom stereocenters. The quantitative estimate of drug-likeness (QED) is 0.648. The number of anilines is 1. The number of imidazole rings is 1. The molecule has 2 rings (SSSR count). The van der Waals surface area contributed by atoms with E-state index < -0.39 is 22.4 Å². The smallest absolute Gasteiger partial charge is 0.369 e. The monoisotopic (exact) mass is 272 g/mol. The van der Waals surface area contributed by atoms with Crippen LogP contribution in [0.4, 0.5) is 24.8 Å². The van der Waals surface area contributed by atoms with Crippen LogP contribution in [0.2, 0.25) is 0 Å². The van der Waals surface area contributed by atoms with Gasteiger partial charge in [-0.05, 0) is 6.07 Å². The average Bonchev–Trinajstić information content (AvgIpc) is 2.74. The molecule has 0 aliphatic heterocycles. The Morgan fingerprint density at radius 3 is 2.47 bits per heavy atom. The lowest BCUT2D eigenvalue weighted by Gasteiger charge is -2.08. The standard InChI is InChI=1S/C10H7F3N4O2/c11-10(12,13)6-1-5(2-7(3-6)17(18)19)8-4-15-9(14)16-8/h1-4H,(H3,14,15,16). The zero-order chi connectivity index (χ0) is 14.2. The van der Waals surface area contributed by atoms with E-state index in [-0.39, 0.29) is 17.2 Å². The van der Waals surface area contributed by atoms with Crippen molar-refractivity contribution < 1.29 is 18.1 Å². The summed E-state index contributed by atoms with van der Waals surface area (Å²) in [5, 5.41) is 10.7. The van der Waals surface area contributed by atoms with Gasteiger partial charge < -0.3 is 10.7 Å². The minimum Gasteiger partial charge on any atom is -0.369 e. The third-order valence-electron chi connectivity index (χ3n) is 2.36. The number of halogens is 3. The van der Waals surface area contributed by atoms with Gasteiger partial charge in [0.25, 0.3) is 5.69 Å². The van der Waals surface area contributed by atoms with Crippen molar-refractivity contribution >= 4 is 11.6 Å². The lowest BCUT2D eigenvalue weighted by molar-refractivity contribution is -0.385. The number of nitro groups is 1. The highest BCUT2D eigenvalue weighted by Gasteiger charge is 2.33. The molecule has 1 heterocycles. The predicted molar refractivity (Wildman–Crippen MR) is 60.1 cm³/mol. The zero-order valence-corrected chi connectivity index (χ0v) is 9.23. The van der Waals surface area contributed by atoms with Crippen LogP contribution in [0, 0.1) is 10.1 Å². The Kier molecular flexibility index (Phi) is 2.89. The molecular weight excluding hydrogens is 265 g/mol. The Hall–Kier alpha value is -2.58. The molecule has 3 N–H and O–H groups in total. The van der Waals surface area contributed by atoms with Crippen molar-refractivity contribution in [2.45, 2.75) is 6.18 Å². The fourth-order valence-electron chi connectivity index (χ4n) is 1.52. The fraction of sp³-hybridized carbons (Fsp3) is 0.100. The van der Waals surface area contributed by atoms with Crippen LogP contribution in [0.3, 0.4) is 0 Å². The number of aromatic nitrogens is 2. The molecule has 2 aromatic rings. The molecule has 1 aromatic carbocycles. The molecular formula is C10H7F3N4O2. The van der Waals surface area contributed by atoms with Crippen molar-refractivity contribution in [1.82, 2.24) is 9.97 Å². The third kappa shape index (κ3) is 2.64. The largest absolute Gasteiger partial charge is 0.416 e. The number of nitro benzene ring substituents is 1. The van der Waals surface area contributed by atoms with Crippen LogP contribution in [-0.2, 0) is 6.18 Å². The lowest BCUT2D eigenvalue weighted by Crippen LogP contribution is -2.06. The first-order valence-electron chi connectivity index (χ1n) is 4.95. The average molecular weight is 272 g/mol. The number of nitrogens with two attached hydrogens (primary N) is 1. The molecule has 0 fully saturated rings. The third-order valence-corrected chi connectivity index (χ3v) is 2.36. The molecule has 0 amide bonds. The molecule has 1 aromatic heterocycles. The van der Waals surface area contributed by atoms with E-state index in [1.165, 1.54) is 6.20 Å². The summed E-state index contributed by atoms with van der Waals surface area (Å²) in [5.41, 5.74) is 3.72. The number of hydrogen-bond donors (Lipinski definition) is 2. The second-order valence-electron chi connectivity index (χ2n) is 3.71. The van der Waals surface area contributed by atoms with Gasteiger partial charge in [-0.1, -0.05) is 0 Å². The van der Waals surface area contributed by atoms with Crippen LogP contribution in [0.5, 0.6) is 0 Å². The van der Waals surface area contributed by atoms with E-state index in [0.717, 1.165) is 12.1 Å². The predicted octanol–water partition coefficient (Wildman–Crippen LogP) is 2.59. The van der Waals surface area contributed by atoms with Crippen LogP contribution in [0.15, 0.2) is 24.4 Å². The van der Waals surface area contributed by atoms with Gasteiger partial charge in [-0.2, -0.15) is 13.2 Å². The number of nitrogen functional groups attached to an aromatic ring is 1. The van der Waals surface area contributed by atoms with E-state index >= 15 is 0 Å². The lowest BCUT2D eigenvalue weighted by atomic mass is 10.1. The number of H-pyrrole nitrogens is 1. The topological polar surface area (TPSA) is 97.8 Å². The molecule has 0 spiro atoms. The maximum atomic E-state index is 12.7. The number of aromatic amines is 1. The number of nitrogens with zero attached hydrogens (tertiary/aromatic N) is 2. The van der Waals surface area contributed by atoms with Gasteiger partial charge in [0, 0.05) is 17.7 Å². The second kappa shape index (κ2) is 4.26. The van der Waals surface area contributed by atoms with Crippen molar-refractivity contribution in [3.63, 3.8) is 0 Å². The summed E-state index contributed by atoms with van der Waals surface area (Å²) in [6.07, 6.45) is -3.47. The molecule has 0 saturated heterocycles. The molecule has 0 aliphatic rings. The van der Waals surface area contributed by atoms with E-state index in [2.05, 4.69) is 9.97 Å². The molecule has 9 heteroatoms. The summed E-state index contributed by atoms with van der Waals surface area (Å²) in [5.74, 6) is 0.00932. The molecule has 19 heavy (non-hydrogen) atoms. The SMILES string of the molecule is Nc1ncc(-c2cc([N+](=O)[O-])cc(C(F)(F)F)c2)[nH]1. The van der Waals surface area contributed by atoms with Gasteiger partial charge in [-0.3, -0.25) is 10.1 Å². The molecule has 0 unspecified atom stereocenters. The van der Waals surface area contributed by atoms with Gasteiger partial charge in [0.2, 0.25) is 0 Å². The Morgan fingerprint density at radius 2 is 2.00 bits per heavy atom. The maximum Gasteiger partial charge on any atom is 0.416 e. The number of alkyl halides is 3. The molecule has 100 valence electrons. The summed E-state index contributed by atoms with van der Waals surface area (Å²) in [6, 6.07) is 2.28. The minimum atomic E-state index is -4.67. The second-order valence-corrected chi connectivity index (χ2v) is 3.71. The maximum absolute atomic E-state index is 12.7. The number of benzene rings is 1. The highest BCUT2D eigenvalue weighted by atomic mass is 19.4. The van der Waals surface area contributed by atoms with E-state index in [1.807, 2.05) is 0 Å². The normalized spacial score (nSPS) is 11.5. The van der Waals surface area contributed by atoms with Gasteiger partial charge in [-0.25, -0.2) is 4.98 Å². The highest BCUT2D eigenvalue weighted by molar-refractivity contribution is 5.65. The van der Waals surface area contributed by atoms with Crippen LogP contribution in [0.1, 0.15) is 5.56 Å². The number of nitrogens with one attached hydrogen (secondary N) is 1. The molecule has 6 nitrogen and oxygen atoms in total. The van der Waals surface area contributed by atoms with E-state index in [4.69, 9.17) is 5.73 Å². The van der Waals surface area contributed by atoms with Gasteiger partial charge >= 0.3 is 6.18 Å². The van der Waals surface area contributed by atoms with Gasteiger partial charge in [0.1, 0.15) is 0 Å².